The summed E-state index contributed by atoms with van der Waals surface area (Å²) in [5, 5.41) is 18.9. The SMILES string of the molecule is CCCCCCCCC(O)CCC(=O)OC(CC(=O)O)C[N+](C)(C)C. The van der Waals surface area contributed by atoms with Crippen LogP contribution in [0.15, 0.2) is 0 Å². The Hall–Kier alpha value is -1.14. The van der Waals surface area contributed by atoms with Crippen molar-refractivity contribution in [2.45, 2.75) is 83.3 Å². The zero-order valence-corrected chi connectivity index (χ0v) is 16.5. The predicted molar refractivity (Wildman–Crippen MR) is 98.3 cm³/mol. The molecule has 0 spiro atoms. The standard InChI is InChI=1S/C19H37NO5/c1-5-6-7-8-9-10-11-16(21)12-13-19(24)25-17(14-18(22)23)15-20(2,3)4/h16-17,21H,5-15H2,1-4H3/p+1. The molecule has 2 unspecified atom stereocenters. The van der Waals surface area contributed by atoms with E-state index in [4.69, 9.17) is 9.84 Å². The molecule has 25 heavy (non-hydrogen) atoms. The summed E-state index contributed by atoms with van der Waals surface area (Å²) in [4.78, 5) is 22.9. The van der Waals surface area contributed by atoms with Crippen LogP contribution in [0, 0.1) is 0 Å². The van der Waals surface area contributed by atoms with Crippen molar-refractivity contribution in [3.63, 3.8) is 0 Å². The minimum Gasteiger partial charge on any atom is -0.481 e. The van der Waals surface area contributed by atoms with E-state index in [-0.39, 0.29) is 12.8 Å². The van der Waals surface area contributed by atoms with Gasteiger partial charge in [0.05, 0.1) is 33.7 Å². The highest BCUT2D eigenvalue weighted by atomic mass is 16.5. The van der Waals surface area contributed by atoms with Crippen molar-refractivity contribution in [1.29, 1.82) is 0 Å². The quantitative estimate of drug-likeness (QED) is 0.266. The molecule has 0 saturated carbocycles. The zero-order chi connectivity index (χ0) is 19.3. The summed E-state index contributed by atoms with van der Waals surface area (Å²) in [5.41, 5.74) is 0. The first-order valence-electron chi connectivity index (χ1n) is 9.53. The lowest BCUT2D eigenvalue weighted by atomic mass is 10.0. The lowest BCUT2D eigenvalue weighted by molar-refractivity contribution is -0.873. The molecule has 0 aromatic heterocycles. The molecule has 0 bridgehead atoms. The van der Waals surface area contributed by atoms with Crippen molar-refractivity contribution in [1.82, 2.24) is 0 Å². The molecule has 6 heteroatoms. The number of esters is 1. The molecule has 0 heterocycles. The minimum atomic E-state index is -0.977. The number of hydrogen-bond donors (Lipinski definition) is 2. The van der Waals surface area contributed by atoms with Crippen LogP contribution in [0.5, 0.6) is 0 Å². The van der Waals surface area contributed by atoms with E-state index in [9.17, 15) is 14.7 Å². The Bertz CT molecular complexity index is 379. The van der Waals surface area contributed by atoms with Gasteiger partial charge in [-0.25, -0.2) is 0 Å². The molecular weight excluding hydrogens is 322 g/mol. The van der Waals surface area contributed by atoms with E-state index in [1.165, 1.54) is 25.7 Å². The topological polar surface area (TPSA) is 83.8 Å². The van der Waals surface area contributed by atoms with Crippen LogP contribution in [0.1, 0.15) is 71.1 Å². The van der Waals surface area contributed by atoms with Crippen molar-refractivity contribution in [2.75, 3.05) is 27.7 Å². The second-order valence-electron chi connectivity index (χ2n) is 7.93. The molecule has 6 nitrogen and oxygen atoms in total. The van der Waals surface area contributed by atoms with E-state index >= 15 is 0 Å². The molecule has 0 saturated heterocycles. The van der Waals surface area contributed by atoms with Gasteiger partial charge >= 0.3 is 11.9 Å². The van der Waals surface area contributed by atoms with Gasteiger partial charge in [-0.2, -0.15) is 0 Å². The maximum absolute atomic E-state index is 11.9. The van der Waals surface area contributed by atoms with Crippen LogP contribution >= 0.6 is 0 Å². The van der Waals surface area contributed by atoms with Crippen LogP contribution in [0.25, 0.3) is 0 Å². The molecule has 0 rings (SSSR count). The third-order valence-corrected chi connectivity index (χ3v) is 4.02. The van der Waals surface area contributed by atoms with Crippen molar-refractivity contribution in [2.24, 2.45) is 0 Å². The number of hydrogen-bond acceptors (Lipinski definition) is 4. The number of aliphatic carboxylic acids is 1. The van der Waals surface area contributed by atoms with Crippen LogP contribution < -0.4 is 0 Å². The molecule has 0 aliphatic carbocycles. The summed E-state index contributed by atoms with van der Waals surface area (Å²) in [7, 11) is 5.77. The first kappa shape index (κ1) is 23.9. The Morgan fingerprint density at radius 3 is 2.16 bits per heavy atom. The average Bonchev–Trinajstić information content (AvgIpc) is 2.46. The molecule has 0 aliphatic heterocycles. The van der Waals surface area contributed by atoms with Crippen LogP contribution in [-0.4, -0.2) is 66.5 Å². The van der Waals surface area contributed by atoms with Crippen molar-refractivity contribution >= 4 is 11.9 Å². The molecule has 0 aromatic carbocycles. The van der Waals surface area contributed by atoms with Gasteiger partial charge in [0.15, 0.2) is 6.10 Å². The fraction of sp³-hybridized carbons (Fsp3) is 0.895. The van der Waals surface area contributed by atoms with Crippen molar-refractivity contribution < 1.29 is 29.0 Å². The normalized spacial score (nSPS) is 14.1. The molecular formula is C19H38NO5+. The van der Waals surface area contributed by atoms with Crippen LogP contribution in [-0.2, 0) is 14.3 Å². The number of unbranched alkanes of at least 4 members (excludes halogenated alkanes) is 5. The number of carbonyl (C=O) groups is 2. The van der Waals surface area contributed by atoms with Crippen LogP contribution in [0.4, 0.5) is 0 Å². The van der Waals surface area contributed by atoms with Gasteiger partial charge in [-0.1, -0.05) is 45.4 Å². The lowest BCUT2D eigenvalue weighted by Crippen LogP contribution is -2.43. The Labute approximate surface area is 152 Å². The summed E-state index contributed by atoms with van der Waals surface area (Å²) < 4.78 is 5.83. The van der Waals surface area contributed by atoms with E-state index in [1.54, 1.807) is 0 Å². The Morgan fingerprint density at radius 1 is 1.00 bits per heavy atom. The number of rotatable bonds is 15. The third-order valence-electron chi connectivity index (χ3n) is 4.02. The van der Waals surface area contributed by atoms with Gasteiger partial charge in [0.1, 0.15) is 6.54 Å². The van der Waals surface area contributed by atoms with E-state index in [1.807, 2.05) is 21.1 Å². The first-order chi connectivity index (χ1) is 11.6. The molecule has 0 amide bonds. The Kier molecular flexibility index (Phi) is 12.5. The number of quaternary nitrogens is 1. The van der Waals surface area contributed by atoms with Gasteiger partial charge in [0, 0.05) is 6.42 Å². The largest absolute Gasteiger partial charge is 0.481 e. The lowest BCUT2D eigenvalue weighted by Gasteiger charge is -2.28. The Balaban J connectivity index is 4.02. The molecule has 0 aliphatic rings. The maximum atomic E-state index is 11.9. The van der Waals surface area contributed by atoms with E-state index < -0.39 is 24.1 Å². The van der Waals surface area contributed by atoms with Gasteiger partial charge in [0.2, 0.25) is 0 Å². The smallest absolute Gasteiger partial charge is 0.307 e. The third kappa shape index (κ3) is 16.1. The number of aliphatic hydroxyl groups excluding tert-OH is 1. The second-order valence-corrected chi connectivity index (χ2v) is 7.93. The average molecular weight is 361 g/mol. The molecule has 0 aromatic rings. The van der Waals surface area contributed by atoms with E-state index in [0.717, 1.165) is 12.8 Å². The van der Waals surface area contributed by atoms with Gasteiger partial charge in [-0.3, -0.25) is 9.59 Å². The van der Waals surface area contributed by atoms with Gasteiger partial charge in [-0.05, 0) is 12.8 Å². The molecule has 148 valence electrons. The summed E-state index contributed by atoms with van der Waals surface area (Å²) in [6, 6.07) is 0. The highest BCUT2D eigenvalue weighted by Crippen LogP contribution is 2.13. The highest BCUT2D eigenvalue weighted by Gasteiger charge is 2.24. The summed E-state index contributed by atoms with van der Waals surface area (Å²) in [6.07, 6.45) is 6.91. The number of aliphatic hydroxyl groups is 1. The molecule has 0 fully saturated rings. The summed E-state index contributed by atoms with van der Waals surface area (Å²) >= 11 is 0. The second kappa shape index (κ2) is 13.1. The van der Waals surface area contributed by atoms with Gasteiger partial charge in [0.25, 0.3) is 0 Å². The number of likely N-dealkylation sites (N-methyl/N-ethyl adjacent to an activating group) is 1. The fourth-order valence-corrected chi connectivity index (χ4v) is 2.78. The molecule has 2 atom stereocenters. The number of carboxylic acid groups (broad SMARTS) is 1. The Morgan fingerprint density at radius 2 is 1.60 bits per heavy atom. The van der Waals surface area contributed by atoms with Crippen molar-refractivity contribution in [3.05, 3.63) is 0 Å². The van der Waals surface area contributed by atoms with Gasteiger partial charge in [-0.15, -0.1) is 0 Å². The monoisotopic (exact) mass is 360 g/mol. The summed E-state index contributed by atoms with van der Waals surface area (Å²) in [5.74, 6) is -1.41. The number of carboxylic acids is 1. The minimum absolute atomic E-state index is 0.129. The van der Waals surface area contributed by atoms with Gasteiger partial charge < -0.3 is 19.4 Å². The number of carbonyl (C=O) groups excluding carboxylic acids is 1. The van der Waals surface area contributed by atoms with Crippen LogP contribution in [0.2, 0.25) is 0 Å². The molecule has 2 N–H and O–H groups in total. The zero-order valence-electron chi connectivity index (χ0n) is 16.5. The summed E-state index contributed by atoms with van der Waals surface area (Å²) in [6.45, 7) is 2.63. The number of nitrogens with zero attached hydrogens (tertiary/aromatic N) is 1. The first-order valence-corrected chi connectivity index (χ1v) is 9.53. The van der Waals surface area contributed by atoms with Crippen LogP contribution in [0.3, 0.4) is 0 Å². The van der Waals surface area contributed by atoms with E-state index in [2.05, 4.69) is 6.92 Å². The van der Waals surface area contributed by atoms with E-state index in [0.29, 0.717) is 23.9 Å². The highest BCUT2D eigenvalue weighted by molar-refractivity contribution is 5.71. The number of ether oxygens (including phenoxy) is 1. The predicted octanol–water partition coefficient (Wildman–Crippen LogP) is 2.97. The fourth-order valence-electron chi connectivity index (χ4n) is 2.78. The molecule has 0 radical (unpaired) electrons. The van der Waals surface area contributed by atoms with Crippen molar-refractivity contribution in [3.8, 4) is 0 Å². The maximum Gasteiger partial charge on any atom is 0.307 e.